The first-order valence-electron chi connectivity index (χ1n) is 9.35. The van der Waals surface area contributed by atoms with Crippen LogP contribution in [-0.4, -0.2) is 40.4 Å². The van der Waals surface area contributed by atoms with E-state index < -0.39 is 0 Å². The molecule has 0 radical (unpaired) electrons. The number of hydrogen-bond donors (Lipinski definition) is 1. The van der Waals surface area contributed by atoms with E-state index in [9.17, 15) is 9.18 Å². The first-order valence-corrected chi connectivity index (χ1v) is 10.2. The number of hydrogen-bond acceptors (Lipinski definition) is 5. The van der Waals surface area contributed by atoms with Crippen LogP contribution in [0, 0.1) is 11.7 Å². The number of ether oxygens (including phenoxy) is 1. The maximum Gasteiger partial charge on any atom is 0.315 e. The molecule has 148 valence electrons. The molecular weight excluding hydrogens is 391 g/mol. The van der Waals surface area contributed by atoms with Gasteiger partial charge in [-0.05, 0) is 41.5 Å². The molecule has 3 heterocycles. The number of carbonyl (C=O) groups excluding carboxylic acids is 1. The van der Waals surface area contributed by atoms with Crippen molar-refractivity contribution in [3.05, 3.63) is 65.6 Å². The maximum atomic E-state index is 13.3. The number of thiazole rings is 1. The fourth-order valence-electron chi connectivity index (χ4n) is 3.89. The van der Waals surface area contributed by atoms with E-state index in [0.717, 1.165) is 23.3 Å². The van der Waals surface area contributed by atoms with Crippen molar-refractivity contribution in [1.82, 2.24) is 14.8 Å². The van der Waals surface area contributed by atoms with Crippen molar-refractivity contribution in [1.29, 1.82) is 0 Å². The molecule has 1 saturated heterocycles. The van der Waals surface area contributed by atoms with Gasteiger partial charge in [0.25, 0.3) is 5.19 Å². The molecule has 0 saturated carbocycles. The van der Waals surface area contributed by atoms with Crippen LogP contribution in [0.25, 0.3) is 10.2 Å². The van der Waals surface area contributed by atoms with Gasteiger partial charge in [0.1, 0.15) is 11.6 Å². The Morgan fingerprint density at radius 3 is 2.83 bits per heavy atom. The van der Waals surface area contributed by atoms with Gasteiger partial charge in [0.15, 0.2) is 0 Å². The highest BCUT2D eigenvalue weighted by Crippen LogP contribution is 2.33. The summed E-state index contributed by atoms with van der Waals surface area (Å²) in [7, 11) is 0. The van der Waals surface area contributed by atoms with Crippen molar-refractivity contribution in [2.24, 2.45) is 11.7 Å². The maximum absolute atomic E-state index is 13.3. The minimum absolute atomic E-state index is 0.277. The van der Waals surface area contributed by atoms with Gasteiger partial charge in [-0.2, -0.15) is 0 Å². The van der Waals surface area contributed by atoms with Crippen LogP contribution in [0.4, 0.5) is 9.18 Å². The first-order chi connectivity index (χ1) is 14.0. The Morgan fingerprint density at radius 2 is 2.07 bits per heavy atom. The van der Waals surface area contributed by atoms with E-state index in [1.54, 1.807) is 11.0 Å². The van der Waals surface area contributed by atoms with Crippen LogP contribution >= 0.6 is 11.3 Å². The molecule has 2 amide bonds. The molecule has 1 aromatic heterocycles. The van der Waals surface area contributed by atoms with Crippen molar-refractivity contribution >= 4 is 27.6 Å². The number of urea groups is 1. The predicted molar refractivity (Wildman–Crippen MR) is 109 cm³/mol. The van der Waals surface area contributed by atoms with Crippen molar-refractivity contribution in [2.75, 3.05) is 19.6 Å². The van der Waals surface area contributed by atoms with E-state index in [0.29, 0.717) is 30.0 Å². The van der Waals surface area contributed by atoms with Gasteiger partial charge in [-0.1, -0.05) is 23.5 Å². The van der Waals surface area contributed by atoms with Gasteiger partial charge in [-0.3, -0.25) is 0 Å². The minimum atomic E-state index is -0.347. The number of carbonyl (C=O) groups is 1. The summed E-state index contributed by atoms with van der Waals surface area (Å²) in [5.41, 5.74) is 8.55. The van der Waals surface area contributed by atoms with Crippen molar-refractivity contribution in [3.8, 4) is 10.9 Å². The Labute approximate surface area is 171 Å². The van der Waals surface area contributed by atoms with E-state index >= 15 is 0 Å². The van der Waals surface area contributed by atoms with Gasteiger partial charge in [-0.15, -0.1) is 0 Å². The molecular formula is C21H19FN4O2S. The second-order valence-electron chi connectivity index (χ2n) is 7.39. The second kappa shape index (κ2) is 7.04. The van der Waals surface area contributed by atoms with Crippen molar-refractivity contribution < 1.29 is 13.9 Å². The standard InChI is InChI=1S/C21H19FN4O2S/c22-16-3-6-18-19(7-16)29-21(24-18)28-17-4-1-13(2-5-17)8-25-9-14-11-26(20(23)27)12-15(14)10-25/h1-7,9,15H,8,10-12H2,(H2,23,27). The molecule has 2 aliphatic rings. The molecule has 0 bridgehead atoms. The third-order valence-electron chi connectivity index (χ3n) is 5.30. The van der Waals surface area contributed by atoms with Crippen LogP contribution in [0.15, 0.2) is 54.2 Å². The molecule has 2 aliphatic heterocycles. The zero-order chi connectivity index (χ0) is 20.0. The topological polar surface area (TPSA) is 71.7 Å². The van der Waals surface area contributed by atoms with E-state index in [2.05, 4.69) is 16.1 Å². The number of nitrogens with zero attached hydrogens (tertiary/aromatic N) is 3. The van der Waals surface area contributed by atoms with Crippen molar-refractivity contribution in [3.63, 3.8) is 0 Å². The van der Waals surface area contributed by atoms with Gasteiger partial charge in [-0.25, -0.2) is 14.2 Å². The van der Waals surface area contributed by atoms with Crippen LogP contribution in [0.3, 0.4) is 0 Å². The molecule has 2 N–H and O–H groups in total. The Balaban J connectivity index is 1.22. The van der Waals surface area contributed by atoms with Crippen LogP contribution in [-0.2, 0) is 6.54 Å². The number of primary amides is 1. The summed E-state index contributed by atoms with van der Waals surface area (Å²) < 4.78 is 19.9. The SMILES string of the molecule is NC(=O)N1CC2=CN(Cc3ccc(Oc4nc5ccc(F)cc5s4)cc3)CC2C1. The lowest BCUT2D eigenvalue weighted by atomic mass is 10.1. The molecule has 1 atom stereocenters. The highest BCUT2D eigenvalue weighted by molar-refractivity contribution is 7.20. The number of rotatable bonds is 4. The predicted octanol–water partition coefficient (Wildman–Crippen LogP) is 3.94. The van der Waals surface area contributed by atoms with E-state index in [-0.39, 0.29) is 11.8 Å². The monoisotopic (exact) mass is 410 g/mol. The van der Waals surface area contributed by atoms with Crippen LogP contribution in [0.1, 0.15) is 5.56 Å². The lowest BCUT2D eigenvalue weighted by molar-refractivity contribution is 0.214. The molecule has 1 unspecified atom stereocenters. The first kappa shape index (κ1) is 17.9. The fraction of sp³-hybridized carbons (Fsp3) is 0.238. The third-order valence-corrected chi connectivity index (χ3v) is 6.19. The van der Waals surface area contributed by atoms with Gasteiger partial charge in [0, 0.05) is 38.3 Å². The summed E-state index contributed by atoms with van der Waals surface area (Å²) in [5.74, 6) is 0.802. The number of aromatic nitrogens is 1. The molecule has 8 heteroatoms. The molecule has 2 aromatic carbocycles. The van der Waals surface area contributed by atoms with E-state index in [1.165, 1.54) is 34.6 Å². The quantitative estimate of drug-likeness (QED) is 0.707. The molecule has 1 fully saturated rings. The fourth-order valence-corrected chi connectivity index (χ4v) is 4.75. The highest BCUT2D eigenvalue weighted by Gasteiger charge is 2.34. The molecule has 0 aliphatic carbocycles. The molecule has 3 aromatic rings. The Morgan fingerprint density at radius 1 is 1.24 bits per heavy atom. The summed E-state index contributed by atoms with van der Waals surface area (Å²) in [4.78, 5) is 19.7. The average molecular weight is 410 g/mol. The number of amides is 2. The van der Waals surface area contributed by atoms with Crippen LogP contribution in [0.2, 0.25) is 0 Å². The lowest BCUT2D eigenvalue weighted by Gasteiger charge is -2.20. The molecule has 5 rings (SSSR count). The van der Waals surface area contributed by atoms with Crippen molar-refractivity contribution in [2.45, 2.75) is 6.54 Å². The highest BCUT2D eigenvalue weighted by atomic mass is 32.1. The largest absolute Gasteiger partial charge is 0.431 e. The number of nitrogens with two attached hydrogens (primary N) is 1. The number of benzene rings is 2. The van der Waals surface area contributed by atoms with Crippen LogP contribution < -0.4 is 10.5 Å². The van der Waals surface area contributed by atoms with E-state index in [4.69, 9.17) is 10.5 Å². The normalized spacial score (nSPS) is 18.2. The Bertz CT molecular complexity index is 1110. The Kier molecular flexibility index (Phi) is 4.35. The summed E-state index contributed by atoms with van der Waals surface area (Å²) in [6.07, 6.45) is 2.15. The smallest absolute Gasteiger partial charge is 0.315 e. The number of fused-ring (bicyclic) bond motifs is 2. The molecule has 0 spiro atoms. The zero-order valence-corrected chi connectivity index (χ0v) is 16.4. The van der Waals surface area contributed by atoms with Gasteiger partial charge in [0.2, 0.25) is 0 Å². The zero-order valence-electron chi connectivity index (χ0n) is 15.5. The van der Waals surface area contributed by atoms with Gasteiger partial charge < -0.3 is 20.3 Å². The summed E-state index contributed by atoms with van der Waals surface area (Å²) in [6, 6.07) is 12.1. The molecule has 6 nitrogen and oxygen atoms in total. The summed E-state index contributed by atoms with van der Waals surface area (Å²) >= 11 is 1.32. The molecule has 29 heavy (non-hydrogen) atoms. The summed E-state index contributed by atoms with van der Waals surface area (Å²) in [5, 5.41) is 0.495. The number of likely N-dealkylation sites (tertiary alicyclic amines) is 1. The second-order valence-corrected chi connectivity index (χ2v) is 8.38. The third kappa shape index (κ3) is 3.63. The van der Waals surface area contributed by atoms with Gasteiger partial charge in [0.05, 0.1) is 10.2 Å². The number of halogens is 1. The van der Waals surface area contributed by atoms with E-state index in [1.807, 2.05) is 24.3 Å². The average Bonchev–Trinajstić information content (AvgIpc) is 3.35. The minimum Gasteiger partial charge on any atom is -0.431 e. The van der Waals surface area contributed by atoms with Gasteiger partial charge >= 0.3 is 6.03 Å². The lowest BCUT2D eigenvalue weighted by Crippen LogP contribution is -2.35. The summed E-state index contributed by atoms with van der Waals surface area (Å²) in [6.45, 7) is 3.04. The Hall–Kier alpha value is -3.13. The van der Waals surface area contributed by atoms with Crippen LogP contribution in [0.5, 0.6) is 10.9 Å².